The lowest BCUT2D eigenvalue weighted by Crippen LogP contribution is -2.22. The van der Waals surface area contributed by atoms with E-state index in [0.29, 0.717) is 28.7 Å². The molecule has 0 aliphatic rings. The number of rotatable bonds is 7. The second kappa shape index (κ2) is 8.30. The third kappa shape index (κ3) is 4.70. The summed E-state index contributed by atoms with van der Waals surface area (Å²) in [5.41, 5.74) is 2.23. The fourth-order valence-corrected chi connectivity index (χ4v) is 2.77. The molecule has 1 amide bonds. The summed E-state index contributed by atoms with van der Waals surface area (Å²) in [5.74, 6) is -0.746. The molecule has 0 radical (unpaired) electrons. The summed E-state index contributed by atoms with van der Waals surface area (Å²) >= 11 is 1.03. The molecule has 0 aliphatic carbocycles. The van der Waals surface area contributed by atoms with E-state index < -0.39 is 5.97 Å². The number of hydrogen-bond donors (Lipinski definition) is 3. The molecule has 0 unspecified atom stereocenters. The van der Waals surface area contributed by atoms with E-state index in [1.807, 2.05) is 30.3 Å². The van der Waals surface area contributed by atoms with Crippen molar-refractivity contribution in [1.82, 2.24) is 20.5 Å². The molecule has 7 nitrogen and oxygen atoms in total. The Morgan fingerprint density at radius 3 is 2.69 bits per heavy atom. The monoisotopic (exact) mass is 368 g/mol. The maximum atomic E-state index is 12.4. The van der Waals surface area contributed by atoms with Gasteiger partial charge in [0.25, 0.3) is 5.91 Å². The maximum absolute atomic E-state index is 12.4. The van der Waals surface area contributed by atoms with E-state index >= 15 is 0 Å². The van der Waals surface area contributed by atoms with Crippen molar-refractivity contribution in [3.63, 3.8) is 0 Å². The molecular formula is C18H16N4O3S. The van der Waals surface area contributed by atoms with Crippen LogP contribution >= 0.6 is 11.8 Å². The highest BCUT2D eigenvalue weighted by Crippen LogP contribution is 2.20. The molecular weight excluding hydrogens is 352 g/mol. The van der Waals surface area contributed by atoms with E-state index in [1.165, 1.54) is 0 Å². The van der Waals surface area contributed by atoms with Gasteiger partial charge < -0.3 is 10.4 Å². The van der Waals surface area contributed by atoms with Crippen LogP contribution in [-0.2, 0) is 11.3 Å². The molecule has 3 N–H and O–H groups in total. The zero-order valence-corrected chi connectivity index (χ0v) is 14.5. The van der Waals surface area contributed by atoms with Gasteiger partial charge in [-0.2, -0.15) is 0 Å². The van der Waals surface area contributed by atoms with Crippen LogP contribution in [0.5, 0.6) is 0 Å². The topological polar surface area (TPSA) is 108 Å². The Hall–Kier alpha value is -3.13. The van der Waals surface area contributed by atoms with Gasteiger partial charge in [-0.25, -0.2) is 4.98 Å². The van der Waals surface area contributed by atoms with Crippen LogP contribution < -0.4 is 5.32 Å². The minimum Gasteiger partial charge on any atom is -0.481 e. The number of hydrogen-bond acceptors (Lipinski definition) is 5. The summed E-state index contributed by atoms with van der Waals surface area (Å²) in [4.78, 5) is 27.2. The highest BCUT2D eigenvalue weighted by molar-refractivity contribution is 7.99. The summed E-state index contributed by atoms with van der Waals surface area (Å²) < 4.78 is 0. The largest absolute Gasteiger partial charge is 0.481 e. The van der Waals surface area contributed by atoms with Crippen molar-refractivity contribution in [2.75, 3.05) is 5.75 Å². The van der Waals surface area contributed by atoms with Crippen LogP contribution in [0.15, 0.2) is 59.8 Å². The fraction of sp³-hybridized carbons (Fsp3) is 0.111. The van der Waals surface area contributed by atoms with Gasteiger partial charge in [-0.05, 0) is 17.7 Å². The number of carboxylic acid groups (broad SMARTS) is 1. The smallest absolute Gasteiger partial charge is 0.313 e. The van der Waals surface area contributed by atoms with Crippen LogP contribution in [0.4, 0.5) is 0 Å². The number of amides is 1. The molecule has 3 aromatic rings. The first-order valence-electron chi connectivity index (χ1n) is 7.81. The number of aliphatic carboxylic acids is 1. The molecule has 8 heteroatoms. The van der Waals surface area contributed by atoms with Gasteiger partial charge in [-0.1, -0.05) is 54.2 Å². The lowest BCUT2D eigenvalue weighted by molar-refractivity contribution is -0.133. The van der Waals surface area contributed by atoms with Gasteiger partial charge >= 0.3 is 5.97 Å². The fourth-order valence-electron chi connectivity index (χ4n) is 2.25. The molecule has 0 fully saturated rings. The number of benzene rings is 2. The van der Waals surface area contributed by atoms with Gasteiger partial charge in [0, 0.05) is 17.7 Å². The Labute approximate surface area is 153 Å². The summed E-state index contributed by atoms with van der Waals surface area (Å²) in [6.07, 6.45) is 0. The number of nitrogens with one attached hydrogen (secondary N) is 2. The van der Waals surface area contributed by atoms with E-state index in [4.69, 9.17) is 5.11 Å². The van der Waals surface area contributed by atoms with Crippen molar-refractivity contribution in [1.29, 1.82) is 0 Å². The SMILES string of the molecule is O=C(O)CSc1n[nH]c(-c2cccc(C(=O)NCc3ccccc3)c2)n1. The Kier molecular flexibility index (Phi) is 5.65. The Balaban J connectivity index is 1.67. The van der Waals surface area contributed by atoms with Gasteiger partial charge in [0.15, 0.2) is 5.82 Å². The molecule has 26 heavy (non-hydrogen) atoms. The minimum atomic E-state index is -0.932. The lowest BCUT2D eigenvalue weighted by atomic mass is 10.1. The number of nitrogens with zero attached hydrogens (tertiary/aromatic N) is 2. The van der Waals surface area contributed by atoms with Crippen LogP contribution in [-0.4, -0.2) is 37.9 Å². The Morgan fingerprint density at radius 1 is 1.12 bits per heavy atom. The van der Waals surface area contributed by atoms with E-state index in [0.717, 1.165) is 17.3 Å². The Morgan fingerprint density at radius 2 is 1.92 bits per heavy atom. The van der Waals surface area contributed by atoms with Gasteiger partial charge in [0.1, 0.15) is 0 Å². The summed E-state index contributed by atoms with van der Waals surface area (Å²) in [5, 5.41) is 18.7. The van der Waals surface area contributed by atoms with E-state index in [2.05, 4.69) is 20.5 Å². The average Bonchev–Trinajstić information content (AvgIpc) is 3.14. The normalized spacial score (nSPS) is 10.5. The average molecular weight is 368 g/mol. The van der Waals surface area contributed by atoms with Crippen molar-refractivity contribution in [2.24, 2.45) is 0 Å². The van der Waals surface area contributed by atoms with Crippen molar-refractivity contribution >= 4 is 23.6 Å². The highest BCUT2D eigenvalue weighted by atomic mass is 32.2. The van der Waals surface area contributed by atoms with Crippen LogP contribution in [0.2, 0.25) is 0 Å². The van der Waals surface area contributed by atoms with Gasteiger partial charge in [-0.3, -0.25) is 14.7 Å². The molecule has 2 aromatic carbocycles. The summed E-state index contributed by atoms with van der Waals surface area (Å²) in [6, 6.07) is 16.7. The number of carbonyl (C=O) groups is 2. The quantitative estimate of drug-likeness (QED) is 0.553. The van der Waals surface area contributed by atoms with Gasteiger partial charge in [0.05, 0.1) is 5.75 Å². The van der Waals surface area contributed by atoms with Crippen molar-refractivity contribution < 1.29 is 14.7 Å². The second-order valence-electron chi connectivity index (χ2n) is 5.40. The van der Waals surface area contributed by atoms with Gasteiger partial charge in [0.2, 0.25) is 5.16 Å². The van der Waals surface area contributed by atoms with Crippen LogP contribution in [0, 0.1) is 0 Å². The first kappa shape index (κ1) is 17.7. The van der Waals surface area contributed by atoms with E-state index in [9.17, 15) is 9.59 Å². The predicted molar refractivity (Wildman–Crippen MR) is 97.8 cm³/mol. The van der Waals surface area contributed by atoms with Crippen LogP contribution in [0.3, 0.4) is 0 Å². The molecule has 3 rings (SSSR count). The minimum absolute atomic E-state index is 0.112. The van der Waals surface area contributed by atoms with Crippen molar-refractivity contribution in [2.45, 2.75) is 11.7 Å². The second-order valence-corrected chi connectivity index (χ2v) is 6.34. The molecule has 0 saturated carbocycles. The number of aromatic amines is 1. The maximum Gasteiger partial charge on any atom is 0.313 e. The molecule has 0 aliphatic heterocycles. The predicted octanol–water partition coefficient (Wildman–Crippen LogP) is 2.58. The zero-order chi connectivity index (χ0) is 18.4. The van der Waals surface area contributed by atoms with E-state index in [-0.39, 0.29) is 11.7 Å². The van der Waals surface area contributed by atoms with Crippen molar-refractivity contribution in [3.8, 4) is 11.4 Å². The van der Waals surface area contributed by atoms with Crippen molar-refractivity contribution in [3.05, 3.63) is 65.7 Å². The zero-order valence-electron chi connectivity index (χ0n) is 13.7. The number of H-pyrrole nitrogens is 1. The third-order valence-electron chi connectivity index (χ3n) is 3.48. The number of carboxylic acids is 1. The lowest BCUT2D eigenvalue weighted by Gasteiger charge is -2.06. The highest BCUT2D eigenvalue weighted by Gasteiger charge is 2.11. The molecule has 1 heterocycles. The number of carbonyl (C=O) groups excluding carboxylic acids is 1. The van der Waals surface area contributed by atoms with E-state index in [1.54, 1.807) is 24.3 Å². The number of thioether (sulfide) groups is 1. The van der Waals surface area contributed by atoms with Gasteiger partial charge in [-0.15, -0.1) is 5.10 Å². The standard InChI is InChI=1S/C18H16N4O3S/c23-15(24)11-26-18-20-16(21-22-18)13-7-4-8-14(9-13)17(25)19-10-12-5-2-1-3-6-12/h1-9H,10-11H2,(H,19,25)(H,23,24)(H,20,21,22). The first-order chi connectivity index (χ1) is 12.6. The molecule has 0 atom stereocenters. The van der Waals surface area contributed by atoms with Crippen LogP contribution in [0.25, 0.3) is 11.4 Å². The molecule has 0 saturated heterocycles. The summed E-state index contributed by atoms with van der Waals surface area (Å²) in [7, 11) is 0. The molecule has 0 spiro atoms. The first-order valence-corrected chi connectivity index (χ1v) is 8.80. The molecule has 132 valence electrons. The molecule has 0 bridgehead atoms. The third-order valence-corrected chi connectivity index (χ3v) is 4.32. The van der Waals surface area contributed by atoms with Crippen LogP contribution in [0.1, 0.15) is 15.9 Å². The number of aromatic nitrogens is 3. The summed E-state index contributed by atoms with van der Waals surface area (Å²) in [6.45, 7) is 0.447. The molecule has 1 aromatic heterocycles. The Bertz CT molecular complexity index is 912.